The van der Waals surface area contributed by atoms with Crippen LogP contribution in [0.3, 0.4) is 0 Å². The average molecular weight is 428 g/mol. The van der Waals surface area contributed by atoms with Gasteiger partial charge < -0.3 is 15.4 Å². The van der Waals surface area contributed by atoms with E-state index in [9.17, 15) is 19.6 Å². The summed E-state index contributed by atoms with van der Waals surface area (Å²) in [6.45, 7) is 1.26. The fourth-order valence-corrected chi connectivity index (χ4v) is 4.93. The van der Waals surface area contributed by atoms with Crippen LogP contribution in [-0.2, 0) is 14.3 Å². The van der Waals surface area contributed by atoms with Gasteiger partial charge in [-0.25, -0.2) is 10.3 Å². The zero-order chi connectivity index (χ0) is 22.4. The van der Waals surface area contributed by atoms with E-state index in [0.717, 1.165) is 12.8 Å². The Morgan fingerprint density at radius 1 is 1.13 bits per heavy atom. The summed E-state index contributed by atoms with van der Waals surface area (Å²) in [5.74, 6) is 0.489. The molecule has 4 unspecified atom stereocenters. The van der Waals surface area contributed by atoms with Crippen molar-refractivity contribution in [2.24, 2.45) is 23.5 Å². The maximum atomic E-state index is 13.3. The number of carbonyl (C=O) groups excluding carboxylic acids is 3. The van der Waals surface area contributed by atoms with Gasteiger partial charge in [-0.2, -0.15) is 0 Å². The monoisotopic (exact) mass is 427 g/mol. The third-order valence-electron chi connectivity index (χ3n) is 6.57. The van der Waals surface area contributed by atoms with Gasteiger partial charge in [-0.3, -0.25) is 14.8 Å². The third kappa shape index (κ3) is 5.36. The number of nitrogens with zero attached hydrogens (tertiary/aromatic N) is 1. The first-order valence-electron chi connectivity index (χ1n) is 10.6. The lowest BCUT2D eigenvalue weighted by Crippen LogP contribution is -2.49. The predicted molar refractivity (Wildman–Crippen MR) is 113 cm³/mol. The molecule has 3 amide bonds. The highest BCUT2D eigenvalue weighted by atomic mass is 16.6. The number of hydrogen-bond acceptors (Lipinski definition) is 5. The average Bonchev–Trinajstić information content (AvgIpc) is 2.81. The summed E-state index contributed by atoms with van der Waals surface area (Å²) in [5.41, 5.74) is 8.04. The Morgan fingerprint density at radius 3 is 2.39 bits per heavy atom. The first-order valence-corrected chi connectivity index (χ1v) is 10.6. The van der Waals surface area contributed by atoms with Gasteiger partial charge in [0.25, 0.3) is 0 Å². The van der Waals surface area contributed by atoms with Crippen LogP contribution in [0.4, 0.5) is 4.79 Å². The molecule has 1 aliphatic carbocycles. The zero-order valence-electron chi connectivity index (χ0n) is 17.4. The summed E-state index contributed by atoms with van der Waals surface area (Å²) in [6.07, 6.45) is 6.52. The van der Waals surface area contributed by atoms with Crippen LogP contribution in [0.5, 0.6) is 0 Å². The second-order valence-electron chi connectivity index (χ2n) is 8.30. The van der Waals surface area contributed by atoms with Crippen LogP contribution in [0.25, 0.3) is 0 Å². The minimum absolute atomic E-state index is 0.0772. The Balaban J connectivity index is 1.65. The molecule has 0 radical (unpaired) electrons. The molecular weight excluding hydrogens is 398 g/mol. The van der Waals surface area contributed by atoms with Gasteiger partial charge in [0, 0.05) is 24.9 Å². The number of likely N-dealkylation sites (tertiary alicyclic amines) is 1. The van der Waals surface area contributed by atoms with E-state index >= 15 is 0 Å². The number of amides is 3. The minimum atomic E-state index is -0.981. The minimum Gasteiger partial charge on any atom is -0.433 e. The second-order valence-corrected chi connectivity index (χ2v) is 8.30. The van der Waals surface area contributed by atoms with Crippen LogP contribution in [-0.4, -0.2) is 47.2 Å². The molecule has 0 bridgehead atoms. The maximum absolute atomic E-state index is 13.3. The van der Waals surface area contributed by atoms with Crippen molar-refractivity contribution in [1.29, 1.82) is 0 Å². The fourth-order valence-electron chi connectivity index (χ4n) is 4.93. The topological polar surface area (TPSA) is 122 Å². The van der Waals surface area contributed by atoms with Crippen molar-refractivity contribution in [3.8, 4) is 12.3 Å². The Kier molecular flexibility index (Phi) is 7.53. The number of primary amides is 1. The van der Waals surface area contributed by atoms with Crippen LogP contribution in [0.2, 0.25) is 0 Å². The number of carbonyl (C=O) groups is 3. The lowest BCUT2D eigenvalue weighted by molar-refractivity contribution is -0.149. The summed E-state index contributed by atoms with van der Waals surface area (Å²) >= 11 is 0. The van der Waals surface area contributed by atoms with E-state index in [4.69, 9.17) is 16.9 Å². The van der Waals surface area contributed by atoms with Crippen molar-refractivity contribution in [3.05, 3.63) is 35.9 Å². The molecule has 0 spiro atoms. The molecule has 1 heterocycles. The number of nitrogens with two attached hydrogens (primary N) is 1. The molecule has 4 N–H and O–H groups in total. The number of rotatable bonds is 5. The normalized spacial score (nSPS) is 25.2. The molecule has 4 atom stereocenters. The maximum Gasteiger partial charge on any atom is 0.405 e. The summed E-state index contributed by atoms with van der Waals surface area (Å²) in [6, 6.07) is 10.3. The standard InChI is InChI=1S/C23H29N3O5/c1-2-20(31-23(24)29)17-8-9-18(19(14-17)21(27)25-30)22(28)26-12-10-16(11-13-26)15-6-4-3-5-7-15/h1,3-7,16-20,30H,8-14H2,(H2,24,29)(H,25,27). The molecule has 1 aromatic carbocycles. The van der Waals surface area contributed by atoms with E-state index in [0.29, 0.717) is 31.8 Å². The van der Waals surface area contributed by atoms with Crippen LogP contribution < -0.4 is 11.2 Å². The Labute approximate surface area is 182 Å². The van der Waals surface area contributed by atoms with Crippen molar-refractivity contribution >= 4 is 17.9 Å². The van der Waals surface area contributed by atoms with E-state index in [-0.39, 0.29) is 18.2 Å². The molecule has 8 heteroatoms. The summed E-state index contributed by atoms with van der Waals surface area (Å²) in [4.78, 5) is 38.6. The SMILES string of the molecule is C#CC(OC(N)=O)C1CCC(C(=O)N2CCC(c3ccccc3)CC2)C(C(=O)NO)C1. The number of hydroxylamine groups is 1. The molecular formula is C23H29N3O5. The van der Waals surface area contributed by atoms with Gasteiger partial charge in [-0.15, -0.1) is 6.42 Å². The quantitative estimate of drug-likeness (QED) is 0.377. The number of nitrogens with one attached hydrogen (secondary N) is 1. The summed E-state index contributed by atoms with van der Waals surface area (Å²) < 4.78 is 4.98. The zero-order valence-corrected chi connectivity index (χ0v) is 17.4. The first kappa shape index (κ1) is 22.6. The van der Waals surface area contributed by atoms with E-state index in [1.165, 1.54) is 5.56 Å². The van der Waals surface area contributed by atoms with Gasteiger partial charge in [0.15, 0.2) is 6.10 Å². The highest BCUT2D eigenvalue weighted by Crippen LogP contribution is 2.38. The molecule has 166 valence electrons. The van der Waals surface area contributed by atoms with Gasteiger partial charge in [0.1, 0.15) is 0 Å². The van der Waals surface area contributed by atoms with Gasteiger partial charge in [0.2, 0.25) is 11.8 Å². The van der Waals surface area contributed by atoms with E-state index in [1.54, 1.807) is 5.48 Å². The summed E-state index contributed by atoms with van der Waals surface area (Å²) in [5, 5.41) is 9.22. The molecule has 2 fully saturated rings. The van der Waals surface area contributed by atoms with E-state index in [2.05, 4.69) is 18.1 Å². The van der Waals surface area contributed by atoms with Crippen LogP contribution >= 0.6 is 0 Å². The van der Waals surface area contributed by atoms with Crippen molar-refractivity contribution < 1.29 is 24.3 Å². The summed E-state index contributed by atoms with van der Waals surface area (Å²) in [7, 11) is 0. The van der Waals surface area contributed by atoms with Crippen molar-refractivity contribution in [1.82, 2.24) is 10.4 Å². The van der Waals surface area contributed by atoms with Crippen LogP contribution in [0.1, 0.15) is 43.6 Å². The van der Waals surface area contributed by atoms with Crippen LogP contribution in [0, 0.1) is 30.1 Å². The number of ether oxygens (including phenoxy) is 1. The Morgan fingerprint density at radius 2 is 1.81 bits per heavy atom. The van der Waals surface area contributed by atoms with Crippen molar-refractivity contribution in [2.45, 2.75) is 44.1 Å². The van der Waals surface area contributed by atoms with Gasteiger partial charge in [-0.05, 0) is 43.6 Å². The molecule has 31 heavy (non-hydrogen) atoms. The lowest BCUT2D eigenvalue weighted by Gasteiger charge is -2.40. The van der Waals surface area contributed by atoms with Crippen molar-refractivity contribution in [3.63, 3.8) is 0 Å². The predicted octanol–water partition coefficient (Wildman–Crippen LogP) is 2.03. The van der Waals surface area contributed by atoms with Gasteiger partial charge in [-0.1, -0.05) is 36.3 Å². The van der Waals surface area contributed by atoms with Gasteiger partial charge >= 0.3 is 6.09 Å². The highest BCUT2D eigenvalue weighted by Gasteiger charge is 2.43. The second kappa shape index (κ2) is 10.3. The van der Waals surface area contributed by atoms with Crippen molar-refractivity contribution in [2.75, 3.05) is 13.1 Å². The molecule has 1 aromatic rings. The molecule has 2 aliphatic rings. The van der Waals surface area contributed by atoms with E-state index < -0.39 is 29.9 Å². The molecule has 1 saturated carbocycles. The Hall–Kier alpha value is -3.05. The van der Waals surface area contributed by atoms with Crippen LogP contribution in [0.15, 0.2) is 30.3 Å². The molecule has 1 saturated heterocycles. The van der Waals surface area contributed by atoms with Gasteiger partial charge in [0.05, 0.1) is 5.92 Å². The number of piperidine rings is 1. The lowest BCUT2D eigenvalue weighted by atomic mass is 9.71. The van der Waals surface area contributed by atoms with E-state index in [1.807, 2.05) is 23.1 Å². The number of hydrogen-bond donors (Lipinski definition) is 3. The molecule has 3 rings (SSSR count). The molecule has 1 aliphatic heterocycles. The third-order valence-corrected chi connectivity index (χ3v) is 6.57. The molecule has 8 nitrogen and oxygen atoms in total. The highest BCUT2D eigenvalue weighted by molar-refractivity contribution is 5.87. The smallest absolute Gasteiger partial charge is 0.405 e. The fraction of sp³-hybridized carbons (Fsp3) is 0.522. The largest absolute Gasteiger partial charge is 0.433 e. The number of terminal acetylenes is 1. The first-order chi connectivity index (χ1) is 14.9. The molecule has 0 aromatic heterocycles. The Bertz CT molecular complexity index is 829. The number of benzene rings is 1.